The summed E-state index contributed by atoms with van der Waals surface area (Å²) in [4.78, 5) is 10.5. The van der Waals surface area contributed by atoms with Crippen molar-refractivity contribution in [1.29, 1.82) is 0 Å². The number of carbonyl (C=O) groups is 1. The molecule has 0 unspecified atom stereocenters. The van der Waals surface area contributed by atoms with E-state index in [4.69, 9.17) is 0 Å². The molecule has 0 fully saturated rings. The Balaban J connectivity index is 3.56. The molecule has 0 amide bonds. The van der Waals surface area contributed by atoms with Crippen LogP contribution < -0.4 is 0 Å². The van der Waals surface area contributed by atoms with E-state index in [-0.39, 0.29) is 12.2 Å². The first-order valence-corrected chi connectivity index (χ1v) is 3.35. The highest BCUT2D eigenvalue weighted by molar-refractivity contribution is 5.89. The Kier molecular flexibility index (Phi) is 4.58. The molecule has 0 aliphatic heterocycles. The highest BCUT2D eigenvalue weighted by Gasteiger charge is 2.27. The second-order valence-electron chi connectivity index (χ2n) is 1.98. The van der Waals surface area contributed by atoms with Crippen LogP contribution in [0.3, 0.4) is 0 Å². The summed E-state index contributed by atoms with van der Waals surface area (Å²) in [6.45, 7) is 1.01. The number of hydrogen-bond donors (Lipinski definition) is 0. The summed E-state index contributed by atoms with van der Waals surface area (Å²) >= 11 is 0. The zero-order chi connectivity index (χ0) is 9.61. The molecule has 0 saturated carbocycles. The summed E-state index contributed by atoms with van der Waals surface area (Å²) in [7, 11) is 0. The van der Waals surface area contributed by atoms with E-state index in [0.29, 0.717) is 0 Å². The van der Waals surface area contributed by atoms with Crippen molar-refractivity contribution in [3.8, 4) is 0 Å². The normalized spacial score (nSPS) is 12.3. The van der Waals surface area contributed by atoms with Crippen LogP contribution in [0.5, 0.6) is 0 Å². The SMILES string of the molecule is CCC(=O)C=CCOC(F)(F)F. The van der Waals surface area contributed by atoms with Gasteiger partial charge < -0.3 is 0 Å². The average molecular weight is 182 g/mol. The lowest BCUT2D eigenvalue weighted by Gasteiger charge is -2.02. The van der Waals surface area contributed by atoms with Gasteiger partial charge in [-0.3, -0.25) is 9.53 Å². The molecule has 0 heterocycles. The van der Waals surface area contributed by atoms with E-state index in [0.717, 1.165) is 12.2 Å². The van der Waals surface area contributed by atoms with Crippen LogP contribution in [0.1, 0.15) is 13.3 Å². The highest BCUT2D eigenvalue weighted by atomic mass is 19.4. The second kappa shape index (κ2) is 4.92. The van der Waals surface area contributed by atoms with Crippen LogP contribution in [0, 0.1) is 0 Å². The smallest absolute Gasteiger partial charge is 0.295 e. The zero-order valence-electron chi connectivity index (χ0n) is 6.52. The van der Waals surface area contributed by atoms with E-state index < -0.39 is 13.0 Å². The Bertz CT molecular complexity index is 172. The van der Waals surface area contributed by atoms with Crippen LogP contribution in [0.15, 0.2) is 12.2 Å². The lowest BCUT2D eigenvalue weighted by Crippen LogP contribution is -2.13. The Morgan fingerprint density at radius 3 is 2.50 bits per heavy atom. The summed E-state index contributed by atoms with van der Waals surface area (Å²) in [5, 5.41) is 0. The van der Waals surface area contributed by atoms with Crippen molar-refractivity contribution in [3.05, 3.63) is 12.2 Å². The van der Waals surface area contributed by atoms with E-state index >= 15 is 0 Å². The van der Waals surface area contributed by atoms with Gasteiger partial charge in [-0.1, -0.05) is 13.0 Å². The second-order valence-corrected chi connectivity index (χ2v) is 1.98. The molecule has 0 rings (SSSR count). The number of rotatable bonds is 4. The van der Waals surface area contributed by atoms with Crippen LogP contribution in [-0.2, 0) is 9.53 Å². The molecular weight excluding hydrogens is 173 g/mol. The maximum atomic E-state index is 11.3. The lowest BCUT2D eigenvalue weighted by molar-refractivity contribution is -0.319. The van der Waals surface area contributed by atoms with E-state index in [9.17, 15) is 18.0 Å². The summed E-state index contributed by atoms with van der Waals surface area (Å²) in [5.41, 5.74) is 0. The molecular formula is C7H9F3O2. The van der Waals surface area contributed by atoms with Crippen LogP contribution >= 0.6 is 0 Å². The average Bonchev–Trinajstić information content (AvgIpc) is 1.96. The van der Waals surface area contributed by atoms with E-state index in [2.05, 4.69) is 4.74 Å². The number of alkyl halides is 3. The first-order valence-electron chi connectivity index (χ1n) is 3.35. The lowest BCUT2D eigenvalue weighted by atomic mass is 10.3. The van der Waals surface area contributed by atoms with Crippen molar-refractivity contribution >= 4 is 5.78 Å². The molecule has 0 radical (unpaired) electrons. The van der Waals surface area contributed by atoms with Crippen LogP contribution in [0.4, 0.5) is 13.2 Å². The highest BCUT2D eigenvalue weighted by Crippen LogP contribution is 2.15. The van der Waals surface area contributed by atoms with Gasteiger partial charge in [0.2, 0.25) is 0 Å². The topological polar surface area (TPSA) is 26.3 Å². The molecule has 5 heteroatoms. The first-order chi connectivity index (χ1) is 5.45. The van der Waals surface area contributed by atoms with Crippen LogP contribution in [0.2, 0.25) is 0 Å². The third-order valence-electron chi connectivity index (χ3n) is 0.995. The minimum atomic E-state index is -4.63. The summed E-state index contributed by atoms with van der Waals surface area (Å²) in [6.07, 6.45) is -2.23. The molecule has 0 aromatic rings. The molecule has 0 N–H and O–H groups in total. The van der Waals surface area contributed by atoms with Gasteiger partial charge in [0.05, 0.1) is 6.61 Å². The molecule has 0 aromatic heterocycles. The van der Waals surface area contributed by atoms with E-state index in [1.165, 1.54) is 0 Å². The third-order valence-corrected chi connectivity index (χ3v) is 0.995. The molecule has 70 valence electrons. The predicted molar refractivity (Wildman–Crippen MR) is 36.4 cm³/mol. The van der Waals surface area contributed by atoms with Gasteiger partial charge in [0.15, 0.2) is 5.78 Å². The standard InChI is InChI=1S/C7H9F3O2/c1-2-6(11)4-3-5-12-7(8,9)10/h3-4H,2,5H2,1H3. The molecule has 0 atom stereocenters. The van der Waals surface area contributed by atoms with Gasteiger partial charge in [-0.05, 0) is 6.08 Å². The summed E-state index contributed by atoms with van der Waals surface area (Å²) in [6, 6.07) is 0. The molecule has 12 heavy (non-hydrogen) atoms. The predicted octanol–water partition coefficient (Wildman–Crippen LogP) is 2.06. The number of ketones is 1. The Morgan fingerprint density at radius 2 is 2.08 bits per heavy atom. The van der Waals surface area contributed by atoms with Crippen molar-refractivity contribution in [2.24, 2.45) is 0 Å². The zero-order valence-corrected chi connectivity index (χ0v) is 6.52. The molecule has 2 nitrogen and oxygen atoms in total. The number of ether oxygens (including phenoxy) is 1. The maximum absolute atomic E-state index is 11.3. The van der Waals surface area contributed by atoms with E-state index in [1.54, 1.807) is 6.92 Å². The molecule has 0 bridgehead atoms. The van der Waals surface area contributed by atoms with Gasteiger partial charge in [-0.2, -0.15) is 0 Å². The number of allylic oxidation sites excluding steroid dienone is 1. The van der Waals surface area contributed by atoms with Crippen molar-refractivity contribution in [2.45, 2.75) is 19.7 Å². The fraction of sp³-hybridized carbons (Fsp3) is 0.571. The van der Waals surface area contributed by atoms with Gasteiger partial charge >= 0.3 is 6.36 Å². The minimum absolute atomic E-state index is 0.222. The first kappa shape index (κ1) is 11.2. The number of hydrogen-bond acceptors (Lipinski definition) is 2. The summed E-state index contributed by atoms with van der Waals surface area (Å²) in [5.74, 6) is -0.222. The van der Waals surface area contributed by atoms with Crippen molar-refractivity contribution in [1.82, 2.24) is 0 Å². The quantitative estimate of drug-likeness (QED) is 0.622. The maximum Gasteiger partial charge on any atom is 0.522 e. The van der Waals surface area contributed by atoms with Gasteiger partial charge in [-0.15, -0.1) is 13.2 Å². The molecule has 0 aliphatic rings. The molecule has 0 spiro atoms. The molecule has 0 saturated heterocycles. The summed E-state index contributed by atoms with van der Waals surface area (Å²) < 4.78 is 37.3. The molecule has 0 aliphatic carbocycles. The minimum Gasteiger partial charge on any atom is -0.295 e. The largest absolute Gasteiger partial charge is 0.522 e. The van der Waals surface area contributed by atoms with Crippen LogP contribution in [-0.4, -0.2) is 18.8 Å². The van der Waals surface area contributed by atoms with Gasteiger partial charge in [0, 0.05) is 6.42 Å². The van der Waals surface area contributed by atoms with Gasteiger partial charge in [-0.25, -0.2) is 0 Å². The Hall–Kier alpha value is -0.840. The van der Waals surface area contributed by atoms with Crippen LogP contribution in [0.25, 0.3) is 0 Å². The monoisotopic (exact) mass is 182 g/mol. The molecule has 0 aromatic carbocycles. The van der Waals surface area contributed by atoms with Crippen molar-refractivity contribution in [2.75, 3.05) is 6.61 Å². The third kappa shape index (κ3) is 7.27. The van der Waals surface area contributed by atoms with Gasteiger partial charge in [0.1, 0.15) is 0 Å². The van der Waals surface area contributed by atoms with Gasteiger partial charge in [0.25, 0.3) is 0 Å². The number of halogens is 3. The fourth-order valence-corrected chi connectivity index (χ4v) is 0.440. The Labute approximate surface area is 68.0 Å². The Morgan fingerprint density at radius 1 is 1.50 bits per heavy atom. The van der Waals surface area contributed by atoms with E-state index in [1.807, 2.05) is 0 Å². The van der Waals surface area contributed by atoms with Crippen molar-refractivity contribution in [3.63, 3.8) is 0 Å². The number of carbonyl (C=O) groups excluding carboxylic acids is 1. The fourth-order valence-electron chi connectivity index (χ4n) is 0.440. The van der Waals surface area contributed by atoms with Crippen molar-refractivity contribution < 1.29 is 22.7 Å².